The van der Waals surface area contributed by atoms with Crippen LogP contribution in [0.15, 0.2) is 17.3 Å². The number of hydrogen-bond donors (Lipinski definition) is 2. The normalized spacial score (nSPS) is 20.9. The van der Waals surface area contributed by atoms with E-state index in [1.165, 1.54) is 11.3 Å². The van der Waals surface area contributed by atoms with Gasteiger partial charge in [-0.2, -0.15) is 0 Å². The number of anilines is 1. The van der Waals surface area contributed by atoms with E-state index in [-0.39, 0.29) is 23.5 Å². The van der Waals surface area contributed by atoms with E-state index < -0.39 is 5.97 Å². The van der Waals surface area contributed by atoms with Crippen molar-refractivity contribution in [2.24, 2.45) is 16.3 Å². The largest absolute Gasteiger partial charge is 0.481 e. The third-order valence-corrected chi connectivity index (χ3v) is 5.78. The van der Waals surface area contributed by atoms with Crippen molar-refractivity contribution < 1.29 is 19.4 Å². The maximum Gasteiger partial charge on any atom is 0.323 e. The molecule has 3 heterocycles. The molecule has 2 aliphatic rings. The van der Waals surface area contributed by atoms with E-state index in [1.807, 2.05) is 12.2 Å². The monoisotopic (exact) mass is 406 g/mol. The summed E-state index contributed by atoms with van der Waals surface area (Å²) in [5.41, 5.74) is 0.0416. The molecule has 0 aromatic carbocycles. The third kappa shape index (κ3) is 5.09. The Morgan fingerprint density at radius 1 is 1.32 bits per heavy atom. The highest BCUT2D eigenvalue weighted by Crippen LogP contribution is 2.27. The van der Waals surface area contributed by atoms with Crippen LogP contribution in [0.1, 0.15) is 38.5 Å². The SMILES string of the molecule is CC(C)(C)C1CN=C(/C=C/c2cnc(NC(=O)N3CCC(C(=O)O)CC3)s2)O1. The summed E-state index contributed by atoms with van der Waals surface area (Å²) in [4.78, 5) is 34.5. The van der Waals surface area contributed by atoms with Gasteiger partial charge in [-0.15, -0.1) is 0 Å². The zero-order valence-electron chi connectivity index (χ0n) is 16.3. The molecule has 9 heteroatoms. The highest BCUT2D eigenvalue weighted by atomic mass is 32.1. The van der Waals surface area contributed by atoms with Gasteiger partial charge >= 0.3 is 12.0 Å². The van der Waals surface area contributed by atoms with Crippen LogP contribution in [0.25, 0.3) is 6.08 Å². The molecular weight excluding hydrogens is 380 g/mol. The minimum Gasteiger partial charge on any atom is -0.481 e. The molecule has 2 N–H and O–H groups in total. The van der Waals surface area contributed by atoms with Crippen LogP contribution in [0.4, 0.5) is 9.93 Å². The van der Waals surface area contributed by atoms with Crippen LogP contribution in [0.5, 0.6) is 0 Å². The smallest absolute Gasteiger partial charge is 0.323 e. The van der Waals surface area contributed by atoms with Gasteiger partial charge in [-0.1, -0.05) is 32.1 Å². The summed E-state index contributed by atoms with van der Waals surface area (Å²) in [7, 11) is 0. The first-order chi connectivity index (χ1) is 13.2. The fourth-order valence-corrected chi connectivity index (χ4v) is 3.72. The molecule has 1 fully saturated rings. The fourth-order valence-electron chi connectivity index (χ4n) is 3.01. The average molecular weight is 407 g/mol. The van der Waals surface area contributed by atoms with Crippen LogP contribution >= 0.6 is 11.3 Å². The number of rotatable bonds is 4. The summed E-state index contributed by atoms with van der Waals surface area (Å²) < 4.78 is 5.85. The number of ether oxygens (including phenoxy) is 1. The minimum atomic E-state index is -0.791. The molecule has 2 aliphatic heterocycles. The van der Waals surface area contributed by atoms with Gasteiger partial charge in [-0.3, -0.25) is 10.1 Å². The molecule has 1 saturated heterocycles. The number of nitrogens with zero attached hydrogens (tertiary/aromatic N) is 3. The summed E-state index contributed by atoms with van der Waals surface area (Å²) in [6.45, 7) is 7.91. The van der Waals surface area contributed by atoms with Gasteiger partial charge in [0.05, 0.1) is 12.5 Å². The first kappa shape index (κ1) is 20.3. The zero-order valence-corrected chi connectivity index (χ0v) is 17.2. The Bertz CT molecular complexity index is 788. The van der Waals surface area contributed by atoms with Crippen molar-refractivity contribution in [3.8, 4) is 0 Å². The molecule has 0 saturated carbocycles. The number of aliphatic carboxylic acids is 1. The van der Waals surface area contributed by atoms with E-state index >= 15 is 0 Å². The number of urea groups is 1. The quantitative estimate of drug-likeness (QED) is 0.798. The second kappa shape index (κ2) is 8.30. The molecule has 1 atom stereocenters. The second-order valence-corrected chi connectivity index (χ2v) is 9.14. The van der Waals surface area contributed by atoms with Crippen LogP contribution in [0.2, 0.25) is 0 Å². The molecule has 3 rings (SSSR count). The maximum atomic E-state index is 12.3. The van der Waals surface area contributed by atoms with Crippen molar-refractivity contribution in [3.63, 3.8) is 0 Å². The number of thiazole rings is 1. The number of amides is 2. The average Bonchev–Trinajstić information content (AvgIpc) is 3.29. The van der Waals surface area contributed by atoms with Crippen LogP contribution in [0.3, 0.4) is 0 Å². The van der Waals surface area contributed by atoms with E-state index in [1.54, 1.807) is 11.1 Å². The van der Waals surface area contributed by atoms with Gasteiger partial charge in [-0.05, 0) is 18.9 Å². The van der Waals surface area contributed by atoms with Crippen LogP contribution in [-0.2, 0) is 9.53 Å². The lowest BCUT2D eigenvalue weighted by molar-refractivity contribution is -0.143. The molecule has 28 heavy (non-hydrogen) atoms. The molecule has 1 aromatic heterocycles. The van der Waals surface area contributed by atoms with Gasteiger partial charge in [0.15, 0.2) is 5.13 Å². The summed E-state index contributed by atoms with van der Waals surface area (Å²) >= 11 is 1.36. The molecular formula is C19H26N4O4S. The molecule has 1 unspecified atom stereocenters. The van der Waals surface area contributed by atoms with Crippen LogP contribution in [-0.4, -0.2) is 58.6 Å². The highest BCUT2D eigenvalue weighted by molar-refractivity contribution is 7.16. The van der Waals surface area contributed by atoms with Crippen LogP contribution in [0, 0.1) is 11.3 Å². The Morgan fingerprint density at radius 2 is 2.04 bits per heavy atom. The van der Waals surface area contributed by atoms with Gasteiger partial charge < -0.3 is 14.7 Å². The van der Waals surface area contributed by atoms with Gasteiger partial charge in [0.2, 0.25) is 5.90 Å². The minimum absolute atomic E-state index is 0.0416. The Labute approximate surface area is 168 Å². The Morgan fingerprint density at radius 3 is 2.64 bits per heavy atom. The highest BCUT2D eigenvalue weighted by Gasteiger charge is 2.30. The third-order valence-electron chi connectivity index (χ3n) is 4.90. The number of piperidine rings is 1. The molecule has 8 nitrogen and oxygen atoms in total. The number of carbonyl (C=O) groups excluding carboxylic acids is 1. The first-order valence-corrected chi connectivity index (χ1v) is 10.2. The lowest BCUT2D eigenvalue weighted by Crippen LogP contribution is -2.42. The summed E-state index contributed by atoms with van der Waals surface area (Å²) in [5, 5.41) is 12.3. The summed E-state index contributed by atoms with van der Waals surface area (Å²) in [5.74, 6) is -0.541. The van der Waals surface area contributed by atoms with Crippen molar-refractivity contribution in [1.82, 2.24) is 9.88 Å². The Hall–Kier alpha value is -2.42. The molecule has 0 radical (unpaired) electrons. The number of hydrogen-bond acceptors (Lipinski definition) is 6. The molecule has 2 amide bonds. The predicted molar refractivity (Wildman–Crippen MR) is 109 cm³/mol. The first-order valence-electron chi connectivity index (χ1n) is 9.36. The van der Waals surface area contributed by atoms with Crippen molar-refractivity contribution in [2.45, 2.75) is 39.7 Å². The number of carboxylic acids is 1. The van der Waals surface area contributed by atoms with Gasteiger partial charge in [0, 0.05) is 35.7 Å². The maximum absolute atomic E-state index is 12.3. The molecule has 0 bridgehead atoms. The molecule has 152 valence electrons. The van der Waals surface area contributed by atoms with Crippen LogP contribution < -0.4 is 5.32 Å². The second-order valence-electron chi connectivity index (χ2n) is 8.08. The van der Waals surface area contributed by atoms with Crippen molar-refractivity contribution in [2.75, 3.05) is 25.0 Å². The van der Waals surface area contributed by atoms with E-state index in [0.29, 0.717) is 43.5 Å². The molecule has 0 aliphatic carbocycles. The Balaban J connectivity index is 1.49. The van der Waals surface area contributed by atoms with E-state index in [4.69, 9.17) is 9.84 Å². The number of likely N-dealkylation sites (tertiary alicyclic amines) is 1. The zero-order chi connectivity index (χ0) is 20.3. The van der Waals surface area contributed by atoms with Gasteiger partial charge in [-0.25, -0.2) is 14.8 Å². The van der Waals surface area contributed by atoms with Gasteiger partial charge in [0.1, 0.15) is 6.10 Å². The number of carboxylic acid groups (broad SMARTS) is 1. The number of nitrogens with one attached hydrogen (secondary N) is 1. The molecule has 1 aromatic rings. The van der Waals surface area contributed by atoms with E-state index in [9.17, 15) is 9.59 Å². The summed E-state index contributed by atoms with van der Waals surface area (Å²) in [6.07, 6.45) is 6.41. The van der Waals surface area contributed by atoms with Gasteiger partial charge in [0.25, 0.3) is 0 Å². The predicted octanol–water partition coefficient (Wildman–Crippen LogP) is 3.33. The Kier molecular flexibility index (Phi) is 6.02. The topological polar surface area (TPSA) is 104 Å². The van der Waals surface area contributed by atoms with Crippen molar-refractivity contribution >= 4 is 40.4 Å². The van der Waals surface area contributed by atoms with Crippen molar-refractivity contribution in [3.05, 3.63) is 17.2 Å². The molecule has 0 spiro atoms. The lowest BCUT2D eigenvalue weighted by atomic mass is 9.89. The number of aliphatic imine (C=N–C) groups is 1. The number of aromatic nitrogens is 1. The van der Waals surface area contributed by atoms with E-state index in [0.717, 1.165) is 4.88 Å². The lowest BCUT2D eigenvalue weighted by Gasteiger charge is -2.29. The van der Waals surface area contributed by atoms with E-state index in [2.05, 4.69) is 36.1 Å². The summed E-state index contributed by atoms with van der Waals surface area (Å²) in [6, 6.07) is -0.245. The van der Waals surface area contributed by atoms with Crippen molar-refractivity contribution in [1.29, 1.82) is 0 Å². The standard InChI is InChI=1S/C19H26N4O4S/c1-19(2,3)14-11-20-15(27-14)5-4-13-10-21-17(28-13)22-18(26)23-8-6-12(7-9-23)16(24)25/h4-5,10,12,14H,6-9,11H2,1-3H3,(H,24,25)(H,21,22,26)/b5-4+. The number of carbonyl (C=O) groups is 2. The fraction of sp³-hybridized carbons (Fsp3) is 0.579.